The number of carboxylic acids is 1. The van der Waals surface area contributed by atoms with E-state index < -0.39 is 5.97 Å². The third-order valence-electron chi connectivity index (χ3n) is 4.05. The Morgan fingerprint density at radius 1 is 1.53 bits per heavy atom. The molecule has 4 heteroatoms. The lowest BCUT2D eigenvalue weighted by Gasteiger charge is -2.45. The van der Waals surface area contributed by atoms with E-state index >= 15 is 0 Å². The molecule has 0 aromatic heterocycles. The summed E-state index contributed by atoms with van der Waals surface area (Å²) in [4.78, 5) is 13.0. The lowest BCUT2D eigenvalue weighted by Crippen LogP contribution is -2.46. The molecule has 1 aliphatic heterocycles. The third-order valence-corrected chi connectivity index (χ3v) is 4.05. The molecule has 1 N–H and O–H groups in total. The second-order valence-electron chi connectivity index (χ2n) is 5.97. The van der Waals surface area contributed by atoms with E-state index in [4.69, 9.17) is 5.11 Å². The van der Waals surface area contributed by atoms with Crippen molar-refractivity contribution in [3.05, 3.63) is 30.1 Å². The van der Waals surface area contributed by atoms with Crippen LogP contribution in [0.3, 0.4) is 0 Å². The fraction of sp³-hybridized carbons (Fsp3) is 0.533. The van der Waals surface area contributed by atoms with Crippen LogP contribution in [0.2, 0.25) is 0 Å². The van der Waals surface area contributed by atoms with Gasteiger partial charge in [-0.25, -0.2) is 4.39 Å². The smallest absolute Gasteiger partial charge is 0.303 e. The lowest BCUT2D eigenvalue weighted by atomic mass is 9.72. The summed E-state index contributed by atoms with van der Waals surface area (Å²) < 4.78 is 13.3. The SMILES string of the molecule is CC1(C)CN(c2cccc(F)c2)CCC1CC(=O)O. The van der Waals surface area contributed by atoms with E-state index in [0.717, 1.165) is 25.2 Å². The average Bonchev–Trinajstić information content (AvgIpc) is 2.31. The Labute approximate surface area is 113 Å². The maximum atomic E-state index is 13.3. The van der Waals surface area contributed by atoms with Crippen LogP contribution in [0.4, 0.5) is 10.1 Å². The Bertz CT molecular complexity index is 473. The number of nitrogens with zero attached hydrogens (tertiary/aromatic N) is 1. The van der Waals surface area contributed by atoms with Crippen LogP contribution in [0.25, 0.3) is 0 Å². The Hall–Kier alpha value is -1.58. The van der Waals surface area contributed by atoms with E-state index in [-0.39, 0.29) is 23.6 Å². The fourth-order valence-corrected chi connectivity index (χ4v) is 2.88. The Morgan fingerprint density at radius 2 is 2.26 bits per heavy atom. The van der Waals surface area contributed by atoms with Gasteiger partial charge in [-0.1, -0.05) is 19.9 Å². The number of carboxylic acid groups (broad SMARTS) is 1. The summed E-state index contributed by atoms with van der Waals surface area (Å²) in [6.07, 6.45) is 1.04. The van der Waals surface area contributed by atoms with Crippen LogP contribution in [0.15, 0.2) is 24.3 Å². The van der Waals surface area contributed by atoms with Crippen LogP contribution in [0.1, 0.15) is 26.7 Å². The first-order valence-corrected chi connectivity index (χ1v) is 6.61. The van der Waals surface area contributed by atoms with E-state index in [0.29, 0.717) is 0 Å². The molecule has 1 aromatic rings. The summed E-state index contributed by atoms with van der Waals surface area (Å²) in [5.74, 6) is -0.796. The zero-order chi connectivity index (χ0) is 14.0. The van der Waals surface area contributed by atoms with Crippen molar-refractivity contribution < 1.29 is 14.3 Å². The molecule has 0 spiro atoms. The molecule has 1 aromatic carbocycles. The Kier molecular flexibility index (Phi) is 3.78. The van der Waals surface area contributed by atoms with Crippen molar-refractivity contribution in [2.45, 2.75) is 26.7 Å². The van der Waals surface area contributed by atoms with Gasteiger partial charge in [-0.05, 0) is 36.0 Å². The van der Waals surface area contributed by atoms with E-state index in [1.807, 2.05) is 6.07 Å². The standard InChI is InChI=1S/C15H20FNO2/c1-15(2)10-17(7-6-11(15)8-14(18)19)13-5-3-4-12(16)9-13/h3-5,9,11H,6-8,10H2,1-2H3,(H,18,19). The number of hydrogen-bond donors (Lipinski definition) is 1. The lowest BCUT2D eigenvalue weighted by molar-refractivity contribution is -0.139. The van der Waals surface area contributed by atoms with Gasteiger partial charge in [0.15, 0.2) is 0 Å². The molecule has 0 bridgehead atoms. The molecule has 104 valence electrons. The summed E-state index contributed by atoms with van der Waals surface area (Å²) in [5.41, 5.74) is 0.796. The van der Waals surface area contributed by atoms with Gasteiger partial charge < -0.3 is 10.0 Å². The van der Waals surface area contributed by atoms with Crippen molar-refractivity contribution in [3.63, 3.8) is 0 Å². The zero-order valence-electron chi connectivity index (χ0n) is 11.4. The second-order valence-corrected chi connectivity index (χ2v) is 5.97. The summed E-state index contributed by atoms with van der Waals surface area (Å²) in [6.45, 7) is 5.72. The van der Waals surface area contributed by atoms with E-state index in [9.17, 15) is 9.18 Å². The van der Waals surface area contributed by atoms with Crippen LogP contribution in [0.5, 0.6) is 0 Å². The van der Waals surface area contributed by atoms with Crippen molar-refractivity contribution in [3.8, 4) is 0 Å². The predicted octanol–water partition coefficient (Wildman–Crippen LogP) is 3.15. The van der Waals surface area contributed by atoms with Gasteiger partial charge in [-0.2, -0.15) is 0 Å². The number of rotatable bonds is 3. The van der Waals surface area contributed by atoms with Crippen LogP contribution < -0.4 is 4.90 Å². The first-order valence-electron chi connectivity index (χ1n) is 6.61. The highest BCUT2D eigenvalue weighted by Crippen LogP contribution is 2.38. The molecule has 1 unspecified atom stereocenters. The van der Waals surface area contributed by atoms with Crippen LogP contribution >= 0.6 is 0 Å². The monoisotopic (exact) mass is 265 g/mol. The fourth-order valence-electron chi connectivity index (χ4n) is 2.88. The van der Waals surface area contributed by atoms with Gasteiger partial charge in [0.05, 0.1) is 0 Å². The molecule has 1 heterocycles. The van der Waals surface area contributed by atoms with Crippen molar-refractivity contribution >= 4 is 11.7 Å². The van der Waals surface area contributed by atoms with Gasteiger partial charge in [-0.15, -0.1) is 0 Å². The van der Waals surface area contributed by atoms with Gasteiger partial charge in [0.25, 0.3) is 0 Å². The molecule has 19 heavy (non-hydrogen) atoms. The maximum absolute atomic E-state index is 13.3. The minimum Gasteiger partial charge on any atom is -0.481 e. The predicted molar refractivity (Wildman–Crippen MR) is 72.8 cm³/mol. The van der Waals surface area contributed by atoms with Crippen molar-refractivity contribution in [1.29, 1.82) is 0 Å². The number of aliphatic carboxylic acids is 1. The molecule has 0 saturated carbocycles. The molecule has 2 rings (SSSR count). The van der Waals surface area contributed by atoms with E-state index in [1.54, 1.807) is 6.07 Å². The third kappa shape index (κ3) is 3.25. The van der Waals surface area contributed by atoms with Gasteiger partial charge in [0.2, 0.25) is 0 Å². The van der Waals surface area contributed by atoms with E-state index in [2.05, 4.69) is 18.7 Å². The Morgan fingerprint density at radius 3 is 2.84 bits per heavy atom. The molecule has 1 atom stereocenters. The second kappa shape index (κ2) is 5.19. The minimum absolute atomic E-state index is 0.0804. The summed E-state index contributed by atoms with van der Waals surface area (Å²) >= 11 is 0. The molecule has 0 amide bonds. The van der Waals surface area contributed by atoms with Crippen molar-refractivity contribution in [1.82, 2.24) is 0 Å². The molecule has 3 nitrogen and oxygen atoms in total. The van der Waals surface area contributed by atoms with Gasteiger partial charge >= 0.3 is 5.97 Å². The topological polar surface area (TPSA) is 40.5 Å². The summed E-state index contributed by atoms with van der Waals surface area (Å²) in [5, 5.41) is 8.95. The maximum Gasteiger partial charge on any atom is 0.303 e. The zero-order valence-corrected chi connectivity index (χ0v) is 11.4. The first kappa shape index (κ1) is 13.8. The number of halogens is 1. The molecule has 0 radical (unpaired) electrons. The quantitative estimate of drug-likeness (QED) is 0.912. The van der Waals surface area contributed by atoms with Crippen LogP contribution in [-0.4, -0.2) is 24.2 Å². The number of piperidine rings is 1. The highest BCUT2D eigenvalue weighted by molar-refractivity contribution is 5.67. The highest BCUT2D eigenvalue weighted by Gasteiger charge is 2.37. The molecule has 1 saturated heterocycles. The Balaban J connectivity index is 2.11. The van der Waals surface area contributed by atoms with Gasteiger partial charge in [0, 0.05) is 25.2 Å². The molecule has 1 aliphatic rings. The minimum atomic E-state index is -0.739. The van der Waals surface area contributed by atoms with Gasteiger partial charge in [-0.3, -0.25) is 4.79 Å². The largest absolute Gasteiger partial charge is 0.481 e. The molecular formula is C15H20FNO2. The molecule has 0 aliphatic carbocycles. The van der Waals surface area contributed by atoms with Crippen molar-refractivity contribution in [2.75, 3.05) is 18.0 Å². The number of benzene rings is 1. The number of hydrogen-bond acceptors (Lipinski definition) is 2. The van der Waals surface area contributed by atoms with Crippen LogP contribution in [0, 0.1) is 17.2 Å². The summed E-state index contributed by atoms with van der Waals surface area (Å²) in [7, 11) is 0. The summed E-state index contributed by atoms with van der Waals surface area (Å²) in [6, 6.07) is 6.58. The van der Waals surface area contributed by atoms with E-state index in [1.165, 1.54) is 12.1 Å². The number of anilines is 1. The molecule has 1 fully saturated rings. The number of carbonyl (C=O) groups is 1. The van der Waals surface area contributed by atoms with Gasteiger partial charge in [0.1, 0.15) is 5.82 Å². The normalized spacial score (nSPS) is 22.3. The van der Waals surface area contributed by atoms with Crippen LogP contribution in [-0.2, 0) is 4.79 Å². The average molecular weight is 265 g/mol. The molecular weight excluding hydrogens is 245 g/mol. The highest BCUT2D eigenvalue weighted by atomic mass is 19.1. The van der Waals surface area contributed by atoms with Crippen molar-refractivity contribution in [2.24, 2.45) is 11.3 Å². The first-order chi connectivity index (χ1) is 8.88.